The highest BCUT2D eigenvalue weighted by molar-refractivity contribution is 6.62. The van der Waals surface area contributed by atoms with E-state index >= 15 is 0 Å². The molecule has 0 N–H and O–H groups in total. The molecular weight excluding hydrogens is 307 g/mol. The Balaban J connectivity index is 3.12. The molecule has 6 heteroatoms. The highest BCUT2D eigenvalue weighted by atomic mass is 16.6. The standard InChI is InChI=1S/C18H29BO5/c1-7-18(4,5)24-19(23-9-3)15-12-14(10-11-16(15)21-6)13-17(20)22-8-2/h10-12H,7-9,13H2,1-6H3. The van der Waals surface area contributed by atoms with Crippen LogP contribution in [0.5, 0.6) is 5.75 Å². The van der Waals surface area contributed by atoms with Crippen molar-refractivity contribution in [2.45, 2.75) is 53.1 Å². The largest absolute Gasteiger partial charge is 0.498 e. The van der Waals surface area contributed by atoms with Crippen LogP contribution in [0.2, 0.25) is 0 Å². The van der Waals surface area contributed by atoms with Crippen molar-refractivity contribution in [2.24, 2.45) is 0 Å². The van der Waals surface area contributed by atoms with Gasteiger partial charge < -0.3 is 18.8 Å². The number of esters is 1. The Hall–Kier alpha value is -1.53. The summed E-state index contributed by atoms with van der Waals surface area (Å²) in [7, 11) is 1.06. The maximum Gasteiger partial charge on any atom is 0.498 e. The third-order valence-corrected chi connectivity index (χ3v) is 3.80. The fraction of sp³-hybridized carbons (Fsp3) is 0.611. The lowest BCUT2D eigenvalue weighted by molar-refractivity contribution is -0.142. The Morgan fingerprint density at radius 1 is 1.17 bits per heavy atom. The zero-order valence-corrected chi connectivity index (χ0v) is 15.7. The van der Waals surface area contributed by atoms with E-state index in [1.807, 2.05) is 39.0 Å². The lowest BCUT2D eigenvalue weighted by Gasteiger charge is -2.28. The van der Waals surface area contributed by atoms with Crippen molar-refractivity contribution in [3.63, 3.8) is 0 Å². The van der Waals surface area contributed by atoms with Crippen LogP contribution in [0.25, 0.3) is 0 Å². The molecule has 5 nitrogen and oxygen atoms in total. The molecule has 0 bridgehead atoms. The number of carbonyl (C=O) groups is 1. The second-order valence-electron chi connectivity index (χ2n) is 6.08. The van der Waals surface area contributed by atoms with Crippen molar-refractivity contribution < 1.29 is 23.6 Å². The van der Waals surface area contributed by atoms with Crippen LogP contribution in [-0.2, 0) is 25.3 Å². The quantitative estimate of drug-likeness (QED) is 0.486. The first kappa shape index (κ1) is 20.5. The van der Waals surface area contributed by atoms with Crippen LogP contribution in [0.15, 0.2) is 18.2 Å². The highest BCUT2D eigenvalue weighted by Crippen LogP contribution is 2.19. The molecule has 1 aromatic carbocycles. The Morgan fingerprint density at radius 3 is 2.42 bits per heavy atom. The van der Waals surface area contributed by atoms with E-state index in [0.717, 1.165) is 17.4 Å². The first-order valence-corrected chi connectivity index (χ1v) is 8.48. The zero-order valence-electron chi connectivity index (χ0n) is 15.7. The smallest absolute Gasteiger partial charge is 0.497 e. The van der Waals surface area contributed by atoms with Gasteiger partial charge >= 0.3 is 13.1 Å². The molecule has 1 aromatic rings. The molecule has 0 spiro atoms. The summed E-state index contributed by atoms with van der Waals surface area (Å²) >= 11 is 0. The van der Waals surface area contributed by atoms with Gasteiger partial charge in [-0.25, -0.2) is 0 Å². The summed E-state index contributed by atoms with van der Waals surface area (Å²) in [4.78, 5) is 11.7. The van der Waals surface area contributed by atoms with E-state index < -0.39 is 7.12 Å². The third-order valence-electron chi connectivity index (χ3n) is 3.80. The predicted molar refractivity (Wildman–Crippen MR) is 95.8 cm³/mol. The van der Waals surface area contributed by atoms with Crippen molar-refractivity contribution in [1.82, 2.24) is 0 Å². The van der Waals surface area contributed by atoms with Crippen LogP contribution in [0.3, 0.4) is 0 Å². The number of benzene rings is 1. The minimum absolute atomic E-state index is 0.209. The Labute approximate surface area is 145 Å². The summed E-state index contributed by atoms with van der Waals surface area (Å²) < 4.78 is 22.4. The summed E-state index contributed by atoms with van der Waals surface area (Å²) in [6.45, 7) is 10.7. The van der Waals surface area contributed by atoms with E-state index in [2.05, 4.69) is 6.92 Å². The van der Waals surface area contributed by atoms with Gasteiger partial charge in [-0.1, -0.05) is 19.1 Å². The van der Waals surface area contributed by atoms with E-state index in [0.29, 0.717) is 19.0 Å². The van der Waals surface area contributed by atoms with E-state index in [9.17, 15) is 4.79 Å². The van der Waals surface area contributed by atoms with Crippen LogP contribution in [0.4, 0.5) is 0 Å². The first-order valence-electron chi connectivity index (χ1n) is 8.48. The predicted octanol–water partition coefficient (Wildman–Crippen LogP) is 2.74. The van der Waals surface area contributed by atoms with Crippen LogP contribution < -0.4 is 10.2 Å². The maximum atomic E-state index is 11.7. The molecule has 0 fully saturated rings. The summed E-state index contributed by atoms with van der Waals surface area (Å²) in [5.41, 5.74) is 1.29. The molecule has 0 saturated heterocycles. The Bertz CT molecular complexity index is 530. The highest BCUT2D eigenvalue weighted by Gasteiger charge is 2.31. The molecule has 0 aliphatic carbocycles. The molecule has 0 aliphatic rings. The minimum Gasteiger partial charge on any atom is -0.497 e. The topological polar surface area (TPSA) is 54.0 Å². The van der Waals surface area contributed by atoms with Crippen LogP contribution in [-0.4, -0.2) is 39.0 Å². The number of hydrogen-bond acceptors (Lipinski definition) is 5. The van der Waals surface area contributed by atoms with Crippen molar-refractivity contribution in [2.75, 3.05) is 20.3 Å². The van der Waals surface area contributed by atoms with Gasteiger partial charge in [0.1, 0.15) is 5.75 Å². The monoisotopic (exact) mass is 336 g/mol. The number of methoxy groups -OCH3 is 1. The average molecular weight is 336 g/mol. The molecule has 0 aliphatic heterocycles. The van der Waals surface area contributed by atoms with Gasteiger partial charge in [-0.15, -0.1) is 0 Å². The molecule has 1 rings (SSSR count). The molecule has 0 radical (unpaired) electrons. The summed E-state index contributed by atoms with van der Waals surface area (Å²) in [5, 5.41) is 0. The molecule has 0 heterocycles. The number of ether oxygens (including phenoxy) is 2. The lowest BCUT2D eigenvalue weighted by atomic mass is 9.75. The molecule has 0 atom stereocenters. The Morgan fingerprint density at radius 2 is 1.88 bits per heavy atom. The second-order valence-corrected chi connectivity index (χ2v) is 6.08. The van der Waals surface area contributed by atoms with Gasteiger partial charge in [0.15, 0.2) is 0 Å². The summed E-state index contributed by atoms with van der Waals surface area (Å²) in [6, 6.07) is 5.58. The van der Waals surface area contributed by atoms with Gasteiger partial charge in [0, 0.05) is 17.7 Å². The van der Waals surface area contributed by atoms with E-state index in [1.54, 1.807) is 14.0 Å². The van der Waals surface area contributed by atoms with Crippen molar-refractivity contribution in [3.8, 4) is 5.75 Å². The SMILES string of the molecule is CCOB(OC(C)(C)CC)c1cc(CC(=O)OCC)ccc1OC. The fourth-order valence-corrected chi connectivity index (χ4v) is 2.17. The third kappa shape index (κ3) is 6.17. The van der Waals surface area contributed by atoms with Crippen molar-refractivity contribution in [1.29, 1.82) is 0 Å². The van der Waals surface area contributed by atoms with Gasteiger partial charge in [0.2, 0.25) is 0 Å². The van der Waals surface area contributed by atoms with E-state index in [4.69, 9.17) is 18.8 Å². The summed E-state index contributed by atoms with van der Waals surface area (Å²) in [6.07, 6.45) is 1.06. The molecule has 0 aromatic heterocycles. The molecule has 0 unspecified atom stereocenters. The Kier molecular flexibility index (Phi) is 8.29. The maximum absolute atomic E-state index is 11.7. The van der Waals surface area contributed by atoms with Crippen LogP contribution in [0.1, 0.15) is 46.6 Å². The van der Waals surface area contributed by atoms with E-state index in [1.165, 1.54) is 0 Å². The van der Waals surface area contributed by atoms with Gasteiger partial charge in [-0.2, -0.15) is 0 Å². The number of carbonyl (C=O) groups excluding carboxylic acids is 1. The first-order chi connectivity index (χ1) is 11.4. The van der Waals surface area contributed by atoms with Gasteiger partial charge in [-0.05, 0) is 45.7 Å². The molecular formula is C18H29BO5. The molecule has 24 heavy (non-hydrogen) atoms. The zero-order chi connectivity index (χ0) is 18.2. The second kappa shape index (κ2) is 9.69. The van der Waals surface area contributed by atoms with Gasteiger partial charge in [0.05, 0.1) is 20.1 Å². The minimum atomic E-state index is -0.554. The van der Waals surface area contributed by atoms with E-state index in [-0.39, 0.29) is 18.0 Å². The van der Waals surface area contributed by atoms with Crippen LogP contribution >= 0.6 is 0 Å². The normalized spacial score (nSPS) is 11.2. The lowest BCUT2D eigenvalue weighted by Crippen LogP contribution is -2.44. The van der Waals surface area contributed by atoms with Crippen molar-refractivity contribution in [3.05, 3.63) is 23.8 Å². The average Bonchev–Trinajstić information content (AvgIpc) is 2.54. The fourth-order valence-electron chi connectivity index (χ4n) is 2.17. The molecule has 0 amide bonds. The van der Waals surface area contributed by atoms with Crippen LogP contribution in [0, 0.1) is 0 Å². The number of rotatable bonds is 10. The number of hydrogen-bond donors (Lipinski definition) is 0. The van der Waals surface area contributed by atoms with Gasteiger partial charge in [0.25, 0.3) is 0 Å². The molecule has 134 valence electrons. The summed E-state index contributed by atoms with van der Waals surface area (Å²) in [5.74, 6) is 0.421. The van der Waals surface area contributed by atoms with Crippen molar-refractivity contribution >= 4 is 18.6 Å². The molecule has 0 saturated carbocycles. The van der Waals surface area contributed by atoms with Gasteiger partial charge in [-0.3, -0.25) is 4.79 Å².